The van der Waals surface area contributed by atoms with Crippen LogP contribution < -0.4 is 10.6 Å². The van der Waals surface area contributed by atoms with E-state index in [1.807, 2.05) is 37.3 Å². The predicted molar refractivity (Wildman–Crippen MR) is 102 cm³/mol. The van der Waals surface area contributed by atoms with E-state index in [1.165, 1.54) is 0 Å². The van der Waals surface area contributed by atoms with Crippen molar-refractivity contribution in [2.24, 2.45) is 0 Å². The predicted octanol–water partition coefficient (Wildman–Crippen LogP) is 2.66. The summed E-state index contributed by atoms with van der Waals surface area (Å²) in [5.74, 6) is 1.72. The molecule has 8 heteroatoms. The first-order chi connectivity index (χ1) is 13.2. The lowest BCUT2D eigenvalue weighted by atomic mass is 10.1. The van der Waals surface area contributed by atoms with Crippen LogP contribution in [-0.2, 0) is 4.74 Å². The maximum absolute atomic E-state index is 12.4. The third kappa shape index (κ3) is 4.12. The van der Waals surface area contributed by atoms with Crippen molar-refractivity contribution in [1.29, 1.82) is 0 Å². The number of aromatic amines is 1. The first kappa shape index (κ1) is 17.6. The zero-order chi connectivity index (χ0) is 18.6. The van der Waals surface area contributed by atoms with Gasteiger partial charge in [-0.3, -0.25) is 10.00 Å². The lowest BCUT2D eigenvalue weighted by molar-refractivity contribution is 0.0122. The monoisotopic (exact) mass is 369 g/mol. The Morgan fingerprint density at radius 3 is 2.93 bits per heavy atom. The molecule has 2 aromatic heterocycles. The van der Waals surface area contributed by atoms with Gasteiger partial charge in [0, 0.05) is 30.7 Å². The number of furan rings is 1. The summed E-state index contributed by atoms with van der Waals surface area (Å²) in [7, 11) is 0. The minimum absolute atomic E-state index is 0.0246. The van der Waals surface area contributed by atoms with E-state index < -0.39 is 0 Å². The van der Waals surface area contributed by atoms with E-state index in [0.717, 1.165) is 35.5 Å². The number of aryl methyl sites for hydroxylation is 1. The van der Waals surface area contributed by atoms with E-state index in [-0.39, 0.29) is 12.1 Å². The van der Waals surface area contributed by atoms with Crippen LogP contribution in [-0.4, -0.2) is 54.0 Å². The number of carbonyl (C=O) groups excluding carboxylic acids is 1. The van der Waals surface area contributed by atoms with Crippen molar-refractivity contribution in [2.75, 3.05) is 38.2 Å². The first-order valence-corrected chi connectivity index (χ1v) is 9.05. The van der Waals surface area contributed by atoms with Crippen LogP contribution in [0.25, 0.3) is 10.9 Å². The van der Waals surface area contributed by atoms with Crippen molar-refractivity contribution in [2.45, 2.75) is 13.0 Å². The van der Waals surface area contributed by atoms with Crippen LogP contribution in [0.4, 0.5) is 10.5 Å². The van der Waals surface area contributed by atoms with Gasteiger partial charge in [-0.25, -0.2) is 4.79 Å². The molecule has 1 unspecified atom stereocenters. The van der Waals surface area contributed by atoms with Gasteiger partial charge in [-0.1, -0.05) is 0 Å². The molecule has 0 radical (unpaired) electrons. The van der Waals surface area contributed by atoms with Gasteiger partial charge < -0.3 is 19.8 Å². The summed E-state index contributed by atoms with van der Waals surface area (Å²) in [4.78, 5) is 14.7. The van der Waals surface area contributed by atoms with Gasteiger partial charge in [0.05, 0.1) is 31.0 Å². The molecule has 0 spiro atoms. The number of H-pyrrole nitrogens is 1. The van der Waals surface area contributed by atoms with Gasteiger partial charge in [0.1, 0.15) is 11.5 Å². The Kier molecular flexibility index (Phi) is 5.08. The van der Waals surface area contributed by atoms with E-state index in [2.05, 4.69) is 25.7 Å². The Labute approximate surface area is 156 Å². The molecule has 1 aliphatic heterocycles. The Morgan fingerprint density at radius 2 is 2.15 bits per heavy atom. The van der Waals surface area contributed by atoms with Crippen molar-refractivity contribution in [1.82, 2.24) is 20.4 Å². The smallest absolute Gasteiger partial charge is 0.319 e. The quantitative estimate of drug-likeness (QED) is 0.643. The van der Waals surface area contributed by atoms with Gasteiger partial charge in [0.2, 0.25) is 0 Å². The molecule has 8 nitrogen and oxygen atoms in total. The molecule has 27 heavy (non-hydrogen) atoms. The fourth-order valence-corrected chi connectivity index (χ4v) is 3.31. The van der Waals surface area contributed by atoms with Crippen molar-refractivity contribution in [3.63, 3.8) is 0 Å². The van der Waals surface area contributed by atoms with Crippen molar-refractivity contribution in [3.05, 3.63) is 48.0 Å². The van der Waals surface area contributed by atoms with Gasteiger partial charge >= 0.3 is 6.03 Å². The number of carbonyl (C=O) groups is 1. The highest BCUT2D eigenvalue weighted by atomic mass is 16.5. The molecule has 0 saturated carbocycles. The van der Waals surface area contributed by atoms with Crippen LogP contribution in [0.3, 0.4) is 0 Å². The third-order valence-corrected chi connectivity index (χ3v) is 4.73. The summed E-state index contributed by atoms with van der Waals surface area (Å²) in [6.07, 6.45) is 1.75. The van der Waals surface area contributed by atoms with Crippen LogP contribution in [0, 0.1) is 6.92 Å². The summed E-state index contributed by atoms with van der Waals surface area (Å²) in [5.41, 5.74) is 1.59. The molecule has 3 N–H and O–H groups in total. The number of morpholine rings is 1. The summed E-state index contributed by atoms with van der Waals surface area (Å²) in [6, 6.07) is 9.27. The van der Waals surface area contributed by atoms with Gasteiger partial charge in [-0.15, -0.1) is 0 Å². The second-order valence-corrected chi connectivity index (χ2v) is 6.62. The maximum Gasteiger partial charge on any atom is 0.319 e. The molecular weight excluding hydrogens is 346 g/mol. The second-order valence-electron chi connectivity index (χ2n) is 6.62. The Balaban J connectivity index is 1.40. The molecule has 1 saturated heterocycles. The fourth-order valence-electron chi connectivity index (χ4n) is 3.31. The van der Waals surface area contributed by atoms with Crippen molar-refractivity contribution in [3.8, 4) is 0 Å². The number of aromatic nitrogens is 2. The summed E-state index contributed by atoms with van der Waals surface area (Å²) < 4.78 is 11.3. The number of benzene rings is 1. The molecule has 0 bridgehead atoms. The van der Waals surface area contributed by atoms with Crippen LogP contribution >= 0.6 is 0 Å². The number of hydrogen-bond acceptors (Lipinski definition) is 5. The maximum atomic E-state index is 12.4. The lowest BCUT2D eigenvalue weighted by Gasteiger charge is -2.33. The highest BCUT2D eigenvalue weighted by molar-refractivity contribution is 5.92. The number of anilines is 1. The van der Waals surface area contributed by atoms with Gasteiger partial charge in [-0.2, -0.15) is 5.10 Å². The number of rotatable bonds is 5. The number of amides is 2. The molecule has 0 aliphatic carbocycles. The van der Waals surface area contributed by atoms with Crippen molar-refractivity contribution < 1.29 is 13.9 Å². The second kappa shape index (κ2) is 7.81. The van der Waals surface area contributed by atoms with E-state index in [4.69, 9.17) is 9.15 Å². The first-order valence-electron chi connectivity index (χ1n) is 9.05. The zero-order valence-corrected chi connectivity index (χ0v) is 15.2. The Morgan fingerprint density at radius 1 is 1.30 bits per heavy atom. The Bertz CT molecular complexity index is 913. The highest BCUT2D eigenvalue weighted by Crippen LogP contribution is 2.23. The number of urea groups is 1. The lowest BCUT2D eigenvalue weighted by Crippen LogP contribution is -2.44. The van der Waals surface area contributed by atoms with Gasteiger partial charge in [0.15, 0.2) is 0 Å². The Hall–Kier alpha value is -2.84. The summed E-state index contributed by atoms with van der Waals surface area (Å²) in [6.45, 7) is 5.37. The van der Waals surface area contributed by atoms with Crippen LogP contribution in [0.15, 0.2) is 40.9 Å². The van der Waals surface area contributed by atoms with E-state index >= 15 is 0 Å². The topological polar surface area (TPSA) is 95.4 Å². The normalized spacial score (nSPS) is 16.3. The van der Waals surface area contributed by atoms with Crippen LogP contribution in [0.1, 0.15) is 17.6 Å². The fraction of sp³-hybridized carbons (Fsp3) is 0.368. The number of hydrogen-bond donors (Lipinski definition) is 3. The molecule has 1 fully saturated rings. The van der Waals surface area contributed by atoms with Gasteiger partial charge in [0.25, 0.3) is 0 Å². The number of ether oxygens (including phenoxy) is 1. The molecule has 142 valence electrons. The SMILES string of the molecule is Cc1ccc(C(CNC(=O)Nc2ccc3cn[nH]c3c2)N2CCOCC2)o1. The molecule has 4 rings (SSSR count). The van der Waals surface area contributed by atoms with Gasteiger partial charge in [-0.05, 0) is 37.3 Å². The minimum atomic E-state index is -0.254. The standard InChI is InChI=1S/C19H23N5O3/c1-13-2-5-18(27-13)17(24-6-8-26-9-7-24)12-20-19(25)22-15-4-3-14-11-21-23-16(14)10-15/h2-5,10-11,17H,6-9,12H2,1H3,(H,21,23)(H2,20,22,25). The molecular formula is C19H23N5O3. The molecule has 3 heterocycles. The average Bonchev–Trinajstić information content (AvgIpc) is 3.31. The van der Waals surface area contributed by atoms with E-state index in [1.54, 1.807) is 6.20 Å². The average molecular weight is 369 g/mol. The third-order valence-electron chi connectivity index (χ3n) is 4.73. The zero-order valence-electron chi connectivity index (χ0n) is 15.2. The highest BCUT2D eigenvalue weighted by Gasteiger charge is 2.25. The number of nitrogens with one attached hydrogen (secondary N) is 3. The number of nitrogens with zero attached hydrogens (tertiary/aromatic N) is 2. The van der Waals surface area contributed by atoms with E-state index in [0.29, 0.717) is 25.4 Å². The van der Waals surface area contributed by atoms with E-state index in [9.17, 15) is 4.79 Å². The summed E-state index contributed by atoms with van der Waals surface area (Å²) >= 11 is 0. The molecule has 1 aliphatic rings. The van der Waals surface area contributed by atoms with Crippen LogP contribution in [0.5, 0.6) is 0 Å². The molecule has 1 atom stereocenters. The molecule has 2 amide bonds. The number of fused-ring (bicyclic) bond motifs is 1. The van der Waals surface area contributed by atoms with Crippen LogP contribution in [0.2, 0.25) is 0 Å². The van der Waals surface area contributed by atoms with Crippen molar-refractivity contribution >= 4 is 22.6 Å². The largest absolute Gasteiger partial charge is 0.465 e. The molecule has 1 aromatic carbocycles. The molecule has 3 aromatic rings. The summed E-state index contributed by atoms with van der Waals surface area (Å²) in [5, 5.41) is 13.7. The minimum Gasteiger partial charge on any atom is -0.465 e.